The van der Waals surface area contributed by atoms with Crippen LogP contribution in [0.3, 0.4) is 0 Å². The fourth-order valence-corrected chi connectivity index (χ4v) is 9.78. The third-order valence-electron chi connectivity index (χ3n) is 12.8. The average Bonchev–Trinajstić information content (AvgIpc) is 3.25. The molecule has 0 radical (unpaired) electrons. The Bertz CT molecular complexity index is 1200. The van der Waals surface area contributed by atoms with Gasteiger partial charge >= 0.3 is 0 Å². The molecule has 264 valence electrons. The van der Waals surface area contributed by atoms with Crippen molar-refractivity contribution in [3.63, 3.8) is 0 Å². The predicted octanol–water partition coefficient (Wildman–Crippen LogP) is -1.21. The number of fused-ring (bicyclic) bond motifs is 5. The van der Waals surface area contributed by atoms with Crippen molar-refractivity contribution in [1.82, 2.24) is 0 Å². The molecule has 1 unspecified atom stereocenters. The number of hydrogen-bond acceptors (Lipinski definition) is 13. The predicted molar refractivity (Wildman–Crippen MR) is 161 cm³/mol. The maximum Gasteiger partial charge on any atom is 0.187 e. The van der Waals surface area contributed by atoms with E-state index in [1.165, 1.54) is 6.08 Å². The van der Waals surface area contributed by atoms with Crippen LogP contribution in [0.1, 0.15) is 86.0 Å². The van der Waals surface area contributed by atoms with Gasteiger partial charge in [-0.3, -0.25) is 4.79 Å². The van der Waals surface area contributed by atoms with Crippen molar-refractivity contribution in [2.45, 2.75) is 157 Å². The van der Waals surface area contributed by atoms with E-state index in [0.717, 1.165) is 0 Å². The zero-order valence-corrected chi connectivity index (χ0v) is 27.4. The van der Waals surface area contributed by atoms with Crippen LogP contribution in [0.4, 0.5) is 0 Å². The van der Waals surface area contributed by atoms with E-state index in [0.29, 0.717) is 24.8 Å². The van der Waals surface area contributed by atoms with Crippen molar-refractivity contribution in [1.29, 1.82) is 0 Å². The second-order valence-electron chi connectivity index (χ2n) is 16.1. The van der Waals surface area contributed by atoms with Gasteiger partial charge in [0.05, 0.1) is 41.7 Å². The minimum atomic E-state index is -2.03. The first-order chi connectivity index (χ1) is 21.1. The number of carbonyl (C=O) groups is 1. The molecule has 4 aliphatic carbocycles. The molecule has 15 atom stereocenters. The molecule has 0 bridgehead atoms. The molecule has 4 fully saturated rings. The highest BCUT2D eigenvalue weighted by atomic mass is 16.7. The van der Waals surface area contributed by atoms with Crippen LogP contribution in [0, 0.1) is 22.7 Å². The highest BCUT2D eigenvalue weighted by Crippen LogP contribution is 2.69. The van der Waals surface area contributed by atoms with Gasteiger partial charge in [0.15, 0.2) is 12.1 Å². The van der Waals surface area contributed by atoms with Gasteiger partial charge in [-0.2, -0.15) is 0 Å². The van der Waals surface area contributed by atoms with Crippen molar-refractivity contribution in [2.24, 2.45) is 22.7 Å². The smallest absolute Gasteiger partial charge is 0.187 e. The summed E-state index contributed by atoms with van der Waals surface area (Å²) in [5.41, 5.74) is -7.90. The number of ketones is 1. The molecular weight excluding hydrogens is 604 g/mol. The highest BCUT2D eigenvalue weighted by molar-refractivity contribution is 6.00. The summed E-state index contributed by atoms with van der Waals surface area (Å²) in [6.07, 6.45) is -8.82. The zero-order valence-electron chi connectivity index (χ0n) is 27.4. The molecule has 0 spiro atoms. The molecule has 5 rings (SSSR count). The third kappa shape index (κ3) is 5.34. The van der Waals surface area contributed by atoms with Crippen molar-refractivity contribution in [2.75, 3.05) is 6.61 Å². The molecule has 5 aliphatic rings. The maximum atomic E-state index is 13.9. The molecule has 46 heavy (non-hydrogen) atoms. The Balaban J connectivity index is 1.41. The van der Waals surface area contributed by atoms with E-state index in [4.69, 9.17) is 9.47 Å². The number of aliphatic hydroxyl groups is 10. The second-order valence-corrected chi connectivity index (χ2v) is 16.1. The van der Waals surface area contributed by atoms with Gasteiger partial charge in [0.25, 0.3) is 0 Å². The van der Waals surface area contributed by atoms with Gasteiger partial charge in [-0.15, -0.1) is 0 Å². The molecular formula is C33H54O13. The third-order valence-corrected chi connectivity index (χ3v) is 12.8. The Morgan fingerprint density at radius 2 is 1.61 bits per heavy atom. The first-order valence-corrected chi connectivity index (χ1v) is 16.6. The van der Waals surface area contributed by atoms with Gasteiger partial charge in [0.2, 0.25) is 0 Å². The summed E-state index contributed by atoms with van der Waals surface area (Å²) >= 11 is 0. The van der Waals surface area contributed by atoms with Gasteiger partial charge in [0, 0.05) is 17.3 Å². The van der Waals surface area contributed by atoms with Crippen molar-refractivity contribution < 1.29 is 65.3 Å². The highest BCUT2D eigenvalue weighted by Gasteiger charge is 2.72. The van der Waals surface area contributed by atoms with E-state index >= 15 is 0 Å². The lowest BCUT2D eigenvalue weighted by Crippen LogP contribution is -2.70. The van der Waals surface area contributed by atoms with Gasteiger partial charge in [-0.05, 0) is 89.2 Å². The number of aliphatic hydroxyl groups excluding tert-OH is 6. The number of carbonyl (C=O) groups excluding carboxylic acids is 1. The summed E-state index contributed by atoms with van der Waals surface area (Å²) in [4.78, 5) is 13.9. The maximum absolute atomic E-state index is 13.9. The van der Waals surface area contributed by atoms with Crippen LogP contribution in [0.25, 0.3) is 0 Å². The Hall–Kier alpha value is -1.07. The summed E-state index contributed by atoms with van der Waals surface area (Å²) in [5, 5.41) is 109. The standard InChI is InChI=1S/C33H54O13/c1-28(2,41)9-8-22(36)31(5,42)21-7-11-32(43)17-12-23(37)33(44)14-19(45-27-26(40)25(39)24(38)20(15-34)46-27)18(35)13-30(33,4)16(17)6-10-29(21,32)3/h12,16,18-22,24-27,34-36,38-44H,6-11,13-15H2,1-5H3/t16-,18-,19+,20+,21-,22+,24+,25-,26+,27+,29+,30+,31+,32?,33-/m0/s1. The largest absolute Gasteiger partial charge is 0.394 e. The molecule has 0 aromatic heterocycles. The molecule has 1 aliphatic heterocycles. The molecule has 1 saturated heterocycles. The average molecular weight is 659 g/mol. The summed E-state index contributed by atoms with van der Waals surface area (Å²) in [5.74, 6) is -1.73. The van der Waals surface area contributed by atoms with Crippen LogP contribution in [-0.2, 0) is 14.3 Å². The van der Waals surface area contributed by atoms with Gasteiger partial charge < -0.3 is 60.5 Å². The summed E-state index contributed by atoms with van der Waals surface area (Å²) in [6, 6.07) is 0. The Morgan fingerprint density at radius 3 is 2.22 bits per heavy atom. The summed E-state index contributed by atoms with van der Waals surface area (Å²) < 4.78 is 11.3. The SMILES string of the molecule is CC(C)(O)CC[C@@H](O)[C@](C)(O)[C@H]1CCC2(O)C3=CC(=O)[C@@]4(O)C[C@@H](O[C@@H]5O[C@H](CO)[C@@H](O)[C@H](O)[C@H]5O)[C@@H](O)C[C@]4(C)[C@H]3CC[C@]12C. The van der Waals surface area contributed by atoms with Crippen molar-refractivity contribution in [3.8, 4) is 0 Å². The Morgan fingerprint density at radius 1 is 0.957 bits per heavy atom. The van der Waals surface area contributed by atoms with Crippen molar-refractivity contribution in [3.05, 3.63) is 11.6 Å². The van der Waals surface area contributed by atoms with Gasteiger partial charge in [-0.1, -0.05) is 13.8 Å². The molecule has 10 N–H and O–H groups in total. The lowest BCUT2D eigenvalue weighted by molar-refractivity contribution is -0.327. The molecule has 0 amide bonds. The van der Waals surface area contributed by atoms with Gasteiger partial charge in [-0.25, -0.2) is 0 Å². The Kier molecular flexibility index (Phi) is 9.27. The van der Waals surface area contributed by atoms with E-state index in [9.17, 15) is 55.9 Å². The second kappa shape index (κ2) is 11.8. The monoisotopic (exact) mass is 658 g/mol. The Labute approximate surface area is 269 Å². The fraction of sp³-hybridized carbons (Fsp3) is 0.909. The lowest BCUT2D eigenvalue weighted by Gasteiger charge is -2.63. The molecule has 1 heterocycles. The quantitative estimate of drug-likeness (QED) is 0.148. The van der Waals surface area contributed by atoms with Crippen molar-refractivity contribution >= 4 is 5.78 Å². The number of hydrogen-bond donors (Lipinski definition) is 10. The van der Waals surface area contributed by atoms with Gasteiger partial charge in [0.1, 0.15) is 30.0 Å². The fourth-order valence-electron chi connectivity index (χ4n) is 9.78. The summed E-state index contributed by atoms with van der Waals surface area (Å²) in [6.45, 7) is 7.73. The summed E-state index contributed by atoms with van der Waals surface area (Å²) in [7, 11) is 0. The first kappa shape index (κ1) is 36.2. The van der Waals surface area contributed by atoms with Crippen LogP contribution >= 0.6 is 0 Å². The number of ether oxygens (including phenoxy) is 2. The van der Waals surface area contributed by atoms with Crippen LogP contribution in [0.15, 0.2) is 11.6 Å². The van der Waals surface area contributed by atoms with E-state index in [-0.39, 0.29) is 32.1 Å². The zero-order chi connectivity index (χ0) is 34.4. The van der Waals surface area contributed by atoms with Crippen LogP contribution in [0.5, 0.6) is 0 Å². The number of rotatable bonds is 8. The topological polar surface area (TPSA) is 238 Å². The molecule has 13 nitrogen and oxygen atoms in total. The first-order valence-electron chi connectivity index (χ1n) is 16.6. The lowest BCUT2D eigenvalue weighted by atomic mass is 9.44. The van der Waals surface area contributed by atoms with E-state index in [2.05, 4.69) is 0 Å². The van der Waals surface area contributed by atoms with E-state index in [1.807, 2.05) is 6.92 Å². The van der Waals surface area contributed by atoms with Crippen LogP contribution in [0.2, 0.25) is 0 Å². The van der Waals surface area contributed by atoms with Crippen LogP contribution < -0.4 is 0 Å². The minimum Gasteiger partial charge on any atom is -0.394 e. The molecule has 0 aromatic rings. The van der Waals surface area contributed by atoms with Crippen LogP contribution in [-0.4, -0.2) is 135 Å². The van der Waals surface area contributed by atoms with E-state index in [1.54, 1.807) is 27.7 Å². The normalized spacial score (nSPS) is 49.8. The molecule has 13 heteroatoms. The molecule has 0 aromatic carbocycles. The molecule has 3 saturated carbocycles. The minimum absolute atomic E-state index is 0.108. The van der Waals surface area contributed by atoms with E-state index < -0.39 is 106 Å².